The van der Waals surface area contributed by atoms with Gasteiger partial charge in [0.1, 0.15) is 5.82 Å². The first kappa shape index (κ1) is 13.0. The van der Waals surface area contributed by atoms with Gasteiger partial charge in [-0.05, 0) is 37.6 Å². The first-order chi connectivity index (χ1) is 7.65. The minimum Gasteiger partial charge on any atom is -0.310 e. The van der Waals surface area contributed by atoms with Crippen LogP contribution in [0.5, 0.6) is 0 Å². The number of unbranched alkanes of at least 4 members (excludes halogenated alkanes) is 1. The van der Waals surface area contributed by atoms with Gasteiger partial charge in [-0.15, -0.1) is 12.3 Å². The lowest BCUT2D eigenvalue weighted by molar-refractivity contribution is 0.560. The molecule has 0 aliphatic carbocycles. The zero-order valence-electron chi connectivity index (χ0n) is 9.26. The van der Waals surface area contributed by atoms with Gasteiger partial charge in [0.15, 0.2) is 0 Å². The molecule has 1 rings (SSSR count). The van der Waals surface area contributed by atoms with E-state index in [9.17, 15) is 4.39 Å². The summed E-state index contributed by atoms with van der Waals surface area (Å²) in [6.45, 7) is 2.83. The number of hydrogen-bond acceptors (Lipinski definition) is 1. The van der Waals surface area contributed by atoms with Crippen LogP contribution in [-0.2, 0) is 0 Å². The Hall–Kier alpha value is -1.04. The molecule has 1 aromatic rings. The molecule has 3 heteroatoms. The van der Waals surface area contributed by atoms with E-state index in [1.165, 1.54) is 12.1 Å². The van der Waals surface area contributed by atoms with E-state index in [4.69, 9.17) is 18.0 Å². The Kier molecular flexibility index (Phi) is 5.31. The van der Waals surface area contributed by atoms with Crippen LogP contribution in [0.15, 0.2) is 18.2 Å². The van der Waals surface area contributed by atoms with Crippen molar-refractivity contribution in [2.24, 2.45) is 0 Å². The Labute approximate surface area is 101 Å². The van der Waals surface area contributed by atoms with Gasteiger partial charge in [0.2, 0.25) is 0 Å². The van der Waals surface area contributed by atoms with Crippen LogP contribution >= 0.6 is 11.6 Å². The Morgan fingerprint density at radius 2 is 2.31 bits per heavy atom. The molecule has 0 aromatic heterocycles. The highest BCUT2D eigenvalue weighted by molar-refractivity contribution is 6.31. The fourth-order valence-electron chi connectivity index (χ4n) is 1.47. The summed E-state index contributed by atoms with van der Waals surface area (Å²) in [5.41, 5.74) is 0.906. The first-order valence-corrected chi connectivity index (χ1v) is 5.64. The predicted molar refractivity (Wildman–Crippen MR) is 65.9 cm³/mol. The fraction of sp³-hybridized carbons (Fsp3) is 0.385. The van der Waals surface area contributed by atoms with E-state index in [-0.39, 0.29) is 11.9 Å². The van der Waals surface area contributed by atoms with E-state index >= 15 is 0 Å². The van der Waals surface area contributed by atoms with Gasteiger partial charge in [-0.1, -0.05) is 17.7 Å². The second-order valence-corrected chi connectivity index (χ2v) is 4.06. The summed E-state index contributed by atoms with van der Waals surface area (Å²) in [6, 6.07) is 4.55. The van der Waals surface area contributed by atoms with Crippen LogP contribution in [-0.4, -0.2) is 6.54 Å². The van der Waals surface area contributed by atoms with Gasteiger partial charge in [-0.2, -0.15) is 0 Å². The standard InChI is InChI=1S/C13H15ClFN/c1-3-4-5-8-16-10(2)12-7-6-11(15)9-13(12)14/h1,6-7,9-10,16H,4-5,8H2,2H3. The van der Waals surface area contributed by atoms with Crippen molar-refractivity contribution in [2.45, 2.75) is 25.8 Å². The van der Waals surface area contributed by atoms with E-state index in [1.54, 1.807) is 6.07 Å². The minimum atomic E-state index is -0.312. The van der Waals surface area contributed by atoms with Gasteiger partial charge in [0, 0.05) is 17.5 Å². The molecule has 86 valence electrons. The molecular weight excluding hydrogens is 225 g/mol. The molecule has 16 heavy (non-hydrogen) atoms. The summed E-state index contributed by atoms with van der Waals surface area (Å²) in [4.78, 5) is 0. The van der Waals surface area contributed by atoms with E-state index in [0.29, 0.717) is 5.02 Å². The van der Waals surface area contributed by atoms with Crippen molar-refractivity contribution in [2.75, 3.05) is 6.54 Å². The summed E-state index contributed by atoms with van der Waals surface area (Å²) in [5.74, 6) is 2.27. The molecule has 1 atom stereocenters. The summed E-state index contributed by atoms with van der Waals surface area (Å²) in [7, 11) is 0. The largest absolute Gasteiger partial charge is 0.310 e. The molecule has 0 saturated heterocycles. The van der Waals surface area contributed by atoms with Crippen LogP contribution in [0.4, 0.5) is 4.39 Å². The van der Waals surface area contributed by atoms with Crippen LogP contribution in [0.25, 0.3) is 0 Å². The number of terminal acetylenes is 1. The van der Waals surface area contributed by atoms with E-state index < -0.39 is 0 Å². The van der Waals surface area contributed by atoms with Crippen LogP contribution in [0.1, 0.15) is 31.4 Å². The molecule has 0 fully saturated rings. The first-order valence-electron chi connectivity index (χ1n) is 5.27. The summed E-state index contributed by atoms with van der Waals surface area (Å²) in [5, 5.41) is 3.75. The van der Waals surface area contributed by atoms with Crippen LogP contribution in [0.2, 0.25) is 5.02 Å². The molecule has 0 amide bonds. The molecule has 0 saturated carbocycles. The zero-order chi connectivity index (χ0) is 12.0. The molecule has 0 radical (unpaired) electrons. The Morgan fingerprint density at radius 3 is 2.94 bits per heavy atom. The maximum absolute atomic E-state index is 12.8. The van der Waals surface area contributed by atoms with Crippen molar-refractivity contribution in [1.82, 2.24) is 5.32 Å². The lowest BCUT2D eigenvalue weighted by Crippen LogP contribution is -2.20. The topological polar surface area (TPSA) is 12.0 Å². The Balaban J connectivity index is 2.53. The number of nitrogens with one attached hydrogen (secondary N) is 1. The number of hydrogen-bond donors (Lipinski definition) is 1. The number of rotatable bonds is 5. The quantitative estimate of drug-likeness (QED) is 0.612. The third kappa shape index (κ3) is 3.84. The number of benzene rings is 1. The highest BCUT2D eigenvalue weighted by Gasteiger charge is 2.09. The highest BCUT2D eigenvalue weighted by Crippen LogP contribution is 2.23. The molecule has 0 aliphatic heterocycles. The molecule has 1 nitrogen and oxygen atoms in total. The van der Waals surface area contributed by atoms with Gasteiger partial charge in [0.05, 0.1) is 0 Å². The average Bonchev–Trinajstić information content (AvgIpc) is 2.24. The van der Waals surface area contributed by atoms with Crippen LogP contribution in [0.3, 0.4) is 0 Å². The predicted octanol–water partition coefficient (Wildman–Crippen LogP) is 3.54. The van der Waals surface area contributed by atoms with E-state index in [1.807, 2.05) is 6.92 Å². The van der Waals surface area contributed by atoms with Crippen molar-refractivity contribution in [3.8, 4) is 12.3 Å². The molecule has 0 bridgehead atoms. The van der Waals surface area contributed by atoms with Gasteiger partial charge in [0.25, 0.3) is 0 Å². The molecule has 0 aliphatic rings. The Bertz CT molecular complexity index is 384. The van der Waals surface area contributed by atoms with Crippen molar-refractivity contribution < 1.29 is 4.39 Å². The molecule has 0 heterocycles. The molecule has 1 aromatic carbocycles. The normalized spacial score (nSPS) is 12.1. The SMILES string of the molecule is C#CCCCNC(C)c1ccc(F)cc1Cl. The van der Waals surface area contributed by atoms with Gasteiger partial charge in [-0.3, -0.25) is 0 Å². The monoisotopic (exact) mass is 239 g/mol. The lowest BCUT2D eigenvalue weighted by atomic mass is 10.1. The average molecular weight is 240 g/mol. The van der Waals surface area contributed by atoms with Gasteiger partial charge >= 0.3 is 0 Å². The third-order valence-corrected chi connectivity index (χ3v) is 2.70. The maximum atomic E-state index is 12.8. The van der Waals surface area contributed by atoms with Crippen molar-refractivity contribution in [1.29, 1.82) is 0 Å². The smallest absolute Gasteiger partial charge is 0.124 e. The molecule has 1 N–H and O–H groups in total. The maximum Gasteiger partial charge on any atom is 0.124 e. The lowest BCUT2D eigenvalue weighted by Gasteiger charge is -2.15. The second-order valence-electron chi connectivity index (χ2n) is 3.65. The van der Waals surface area contributed by atoms with Crippen molar-refractivity contribution in [3.63, 3.8) is 0 Å². The molecule has 0 spiro atoms. The Morgan fingerprint density at radius 1 is 1.56 bits per heavy atom. The minimum absolute atomic E-state index is 0.103. The molecule has 1 unspecified atom stereocenters. The summed E-state index contributed by atoms with van der Waals surface area (Å²) >= 11 is 5.95. The second kappa shape index (κ2) is 6.52. The van der Waals surface area contributed by atoms with Crippen LogP contribution in [0, 0.1) is 18.2 Å². The summed E-state index contributed by atoms with van der Waals surface area (Å²) in [6.07, 6.45) is 6.85. The van der Waals surface area contributed by atoms with Crippen molar-refractivity contribution in [3.05, 3.63) is 34.6 Å². The molecular formula is C13H15ClFN. The summed E-state index contributed by atoms with van der Waals surface area (Å²) < 4.78 is 12.8. The fourth-order valence-corrected chi connectivity index (χ4v) is 1.80. The van der Waals surface area contributed by atoms with Crippen LogP contribution < -0.4 is 5.32 Å². The van der Waals surface area contributed by atoms with E-state index in [0.717, 1.165) is 24.9 Å². The van der Waals surface area contributed by atoms with Crippen molar-refractivity contribution >= 4 is 11.6 Å². The zero-order valence-corrected chi connectivity index (χ0v) is 10.0. The van der Waals surface area contributed by atoms with Gasteiger partial charge in [-0.25, -0.2) is 4.39 Å². The van der Waals surface area contributed by atoms with E-state index in [2.05, 4.69) is 11.2 Å². The number of halogens is 2. The third-order valence-electron chi connectivity index (χ3n) is 2.38. The van der Waals surface area contributed by atoms with Gasteiger partial charge < -0.3 is 5.32 Å². The highest BCUT2D eigenvalue weighted by atomic mass is 35.5.